The lowest BCUT2D eigenvalue weighted by molar-refractivity contribution is 0.155. The van der Waals surface area contributed by atoms with Gasteiger partial charge in [-0.15, -0.1) is 0 Å². The first-order valence-electron chi connectivity index (χ1n) is 4.53. The van der Waals surface area contributed by atoms with E-state index in [0.29, 0.717) is 24.6 Å². The maximum Gasteiger partial charge on any atom is 0.0474 e. The molecule has 2 heteroatoms. The maximum atomic E-state index is 9.01. The fourth-order valence-electron chi connectivity index (χ4n) is 2.00. The second-order valence-corrected chi connectivity index (χ2v) is 3.80. The zero-order valence-electron chi connectivity index (χ0n) is 7.75. The van der Waals surface area contributed by atoms with Crippen LogP contribution in [0, 0.1) is 5.92 Å². The second-order valence-electron chi connectivity index (χ2n) is 3.80. The van der Waals surface area contributed by atoms with Crippen LogP contribution in [0.1, 0.15) is 27.2 Å². The Morgan fingerprint density at radius 1 is 1.55 bits per heavy atom. The Labute approximate surface area is 69.2 Å². The first kappa shape index (κ1) is 9.01. The van der Waals surface area contributed by atoms with Crippen molar-refractivity contribution in [1.29, 1.82) is 0 Å². The summed E-state index contributed by atoms with van der Waals surface area (Å²) in [5, 5.41) is 9.01. The number of aliphatic hydroxyl groups excluding tert-OH is 1. The monoisotopic (exact) mass is 157 g/mol. The Morgan fingerprint density at radius 3 is 2.45 bits per heavy atom. The molecule has 0 saturated carbocycles. The van der Waals surface area contributed by atoms with E-state index in [9.17, 15) is 0 Å². The van der Waals surface area contributed by atoms with Gasteiger partial charge >= 0.3 is 0 Å². The molecular weight excluding hydrogens is 138 g/mol. The van der Waals surface area contributed by atoms with Gasteiger partial charge in [0.25, 0.3) is 0 Å². The van der Waals surface area contributed by atoms with Crippen LogP contribution in [0.3, 0.4) is 0 Å². The number of hydrogen-bond acceptors (Lipinski definition) is 2. The van der Waals surface area contributed by atoms with Crippen LogP contribution in [-0.4, -0.2) is 35.2 Å². The molecule has 0 bridgehead atoms. The van der Waals surface area contributed by atoms with Crippen molar-refractivity contribution >= 4 is 0 Å². The molecule has 2 atom stereocenters. The molecule has 2 unspecified atom stereocenters. The molecule has 1 rings (SSSR count). The molecule has 0 amide bonds. The zero-order chi connectivity index (χ0) is 8.43. The first-order valence-corrected chi connectivity index (χ1v) is 4.53. The third-order valence-electron chi connectivity index (χ3n) is 2.86. The van der Waals surface area contributed by atoms with Gasteiger partial charge in [-0.05, 0) is 39.7 Å². The molecule has 2 nitrogen and oxygen atoms in total. The predicted octanol–water partition coefficient (Wildman–Crippen LogP) is 1.10. The molecule has 1 fully saturated rings. The summed E-state index contributed by atoms with van der Waals surface area (Å²) in [7, 11) is 0. The highest BCUT2D eigenvalue weighted by molar-refractivity contribution is 4.84. The van der Waals surface area contributed by atoms with Crippen LogP contribution in [0.2, 0.25) is 0 Å². The van der Waals surface area contributed by atoms with Crippen LogP contribution in [0.15, 0.2) is 0 Å². The number of hydrogen-bond donors (Lipinski definition) is 1. The van der Waals surface area contributed by atoms with Gasteiger partial charge in [-0.1, -0.05) is 0 Å². The van der Waals surface area contributed by atoms with E-state index in [1.807, 2.05) is 0 Å². The molecule has 11 heavy (non-hydrogen) atoms. The number of aliphatic hydroxyl groups is 1. The van der Waals surface area contributed by atoms with E-state index >= 15 is 0 Å². The molecule has 0 aromatic carbocycles. The third-order valence-corrected chi connectivity index (χ3v) is 2.86. The molecule has 66 valence electrons. The van der Waals surface area contributed by atoms with Crippen molar-refractivity contribution in [2.75, 3.05) is 13.2 Å². The van der Waals surface area contributed by atoms with Crippen LogP contribution in [0.5, 0.6) is 0 Å². The molecule has 1 heterocycles. The molecule has 1 aliphatic heterocycles. The maximum absolute atomic E-state index is 9.01. The van der Waals surface area contributed by atoms with Gasteiger partial charge in [0.2, 0.25) is 0 Å². The van der Waals surface area contributed by atoms with Gasteiger partial charge in [0, 0.05) is 18.7 Å². The van der Waals surface area contributed by atoms with Gasteiger partial charge < -0.3 is 5.11 Å². The molecule has 1 aliphatic rings. The van der Waals surface area contributed by atoms with Crippen LogP contribution >= 0.6 is 0 Å². The summed E-state index contributed by atoms with van der Waals surface area (Å²) >= 11 is 0. The van der Waals surface area contributed by atoms with Gasteiger partial charge in [0.15, 0.2) is 0 Å². The van der Waals surface area contributed by atoms with E-state index in [-0.39, 0.29) is 0 Å². The minimum atomic E-state index is 0.352. The van der Waals surface area contributed by atoms with Gasteiger partial charge in [0.05, 0.1) is 0 Å². The highest BCUT2D eigenvalue weighted by atomic mass is 16.3. The molecule has 0 aromatic heterocycles. The molecule has 0 aliphatic carbocycles. The van der Waals surface area contributed by atoms with Crippen molar-refractivity contribution in [3.63, 3.8) is 0 Å². The van der Waals surface area contributed by atoms with Gasteiger partial charge in [-0.3, -0.25) is 4.90 Å². The van der Waals surface area contributed by atoms with Crippen molar-refractivity contribution in [2.24, 2.45) is 5.92 Å². The summed E-state index contributed by atoms with van der Waals surface area (Å²) in [5.74, 6) is 0.511. The van der Waals surface area contributed by atoms with E-state index in [2.05, 4.69) is 25.7 Å². The smallest absolute Gasteiger partial charge is 0.0474 e. The quantitative estimate of drug-likeness (QED) is 0.649. The Balaban J connectivity index is 2.48. The lowest BCUT2D eigenvalue weighted by Crippen LogP contribution is -2.36. The molecule has 1 N–H and O–H groups in total. The number of nitrogens with zero attached hydrogens (tertiary/aromatic N) is 1. The van der Waals surface area contributed by atoms with Gasteiger partial charge in [0.1, 0.15) is 0 Å². The number of likely N-dealkylation sites (tertiary alicyclic amines) is 1. The van der Waals surface area contributed by atoms with Crippen molar-refractivity contribution < 1.29 is 5.11 Å². The van der Waals surface area contributed by atoms with E-state index in [1.165, 1.54) is 0 Å². The molecule has 1 saturated heterocycles. The zero-order valence-corrected chi connectivity index (χ0v) is 7.75. The van der Waals surface area contributed by atoms with Crippen molar-refractivity contribution in [1.82, 2.24) is 4.90 Å². The molecule has 0 spiro atoms. The largest absolute Gasteiger partial charge is 0.396 e. The van der Waals surface area contributed by atoms with Crippen molar-refractivity contribution in [2.45, 2.75) is 39.3 Å². The summed E-state index contributed by atoms with van der Waals surface area (Å²) in [6.45, 7) is 8.16. The number of rotatable bonds is 2. The summed E-state index contributed by atoms with van der Waals surface area (Å²) in [4.78, 5) is 2.46. The topological polar surface area (TPSA) is 23.5 Å². The lowest BCUT2D eigenvalue weighted by Gasteiger charge is -2.27. The fourth-order valence-corrected chi connectivity index (χ4v) is 2.00. The summed E-state index contributed by atoms with van der Waals surface area (Å²) in [6, 6.07) is 1.20. The van der Waals surface area contributed by atoms with Crippen LogP contribution in [-0.2, 0) is 0 Å². The van der Waals surface area contributed by atoms with E-state index in [4.69, 9.17) is 5.11 Å². The highest BCUT2D eigenvalue weighted by Gasteiger charge is 2.30. The Bertz CT molecular complexity index is 125. The Hall–Kier alpha value is -0.0800. The molecular formula is C9H19NO. The van der Waals surface area contributed by atoms with E-state index in [1.54, 1.807) is 0 Å². The predicted molar refractivity (Wildman–Crippen MR) is 46.5 cm³/mol. The van der Waals surface area contributed by atoms with E-state index < -0.39 is 0 Å². The minimum absolute atomic E-state index is 0.352. The average Bonchev–Trinajstić information content (AvgIpc) is 2.30. The minimum Gasteiger partial charge on any atom is -0.396 e. The van der Waals surface area contributed by atoms with Gasteiger partial charge in [-0.25, -0.2) is 0 Å². The van der Waals surface area contributed by atoms with Crippen LogP contribution < -0.4 is 0 Å². The second kappa shape index (κ2) is 3.55. The highest BCUT2D eigenvalue weighted by Crippen LogP contribution is 2.24. The van der Waals surface area contributed by atoms with Crippen molar-refractivity contribution in [3.05, 3.63) is 0 Å². The fraction of sp³-hybridized carbons (Fsp3) is 1.00. The van der Waals surface area contributed by atoms with E-state index in [0.717, 1.165) is 13.0 Å². The Kier molecular flexibility index (Phi) is 2.90. The lowest BCUT2D eigenvalue weighted by atomic mass is 10.0. The average molecular weight is 157 g/mol. The first-order chi connectivity index (χ1) is 5.16. The SMILES string of the molecule is CC(C)N1CCC(CO)C1C. The molecule has 0 radical (unpaired) electrons. The summed E-state index contributed by atoms with van der Waals surface area (Å²) in [5.41, 5.74) is 0. The standard InChI is InChI=1S/C9H19NO/c1-7(2)10-5-4-9(6-11)8(10)3/h7-9,11H,4-6H2,1-3H3. The summed E-state index contributed by atoms with van der Waals surface area (Å²) < 4.78 is 0. The van der Waals surface area contributed by atoms with Gasteiger partial charge in [-0.2, -0.15) is 0 Å². The third kappa shape index (κ3) is 1.74. The van der Waals surface area contributed by atoms with Crippen LogP contribution in [0.4, 0.5) is 0 Å². The Morgan fingerprint density at radius 2 is 2.18 bits per heavy atom. The van der Waals surface area contributed by atoms with Crippen LogP contribution in [0.25, 0.3) is 0 Å². The van der Waals surface area contributed by atoms with Crippen molar-refractivity contribution in [3.8, 4) is 0 Å². The normalized spacial score (nSPS) is 33.5. The molecule has 0 aromatic rings. The summed E-state index contributed by atoms with van der Waals surface area (Å²) in [6.07, 6.45) is 1.16.